The van der Waals surface area contributed by atoms with E-state index in [1.165, 1.54) is 28.0 Å². The average Bonchev–Trinajstić information content (AvgIpc) is 3.39. The first-order valence-corrected chi connectivity index (χ1v) is 17.6. The van der Waals surface area contributed by atoms with Crippen LogP contribution in [0, 0.1) is 20.8 Å². The van der Waals surface area contributed by atoms with Crippen molar-refractivity contribution in [3.63, 3.8) is 0 Å². The summed E-state index contributed by atoms with van der Waals surface area (Å²) in [7, 11) is 0. The zero-order chi connectivity index (χ0) is 35.4. The molecule has 9 heteroatoms. The van der Waals surface area contributed by atoms with Gasteiger partial charge in [-0.2, -0.15) is 0 Å². The summed E-state index contributed by atoms with van der Waals surface area (Å²) >= 11 is 1.29. The molecule has 6 rings (SSSR count). The molecule has 1 amide bonds. The number of hydrogen-bond donors (Lipinski definition) is 1. The van der Waals surface area contributed by atoms with E-state index < -0.39 is 6.04 Å². The van der Waals surface area contributed by atoms with Crippen LogP contribution in [-0.2, 0) is 11.4 Å². The summed E-state index contributed by atoms with van der Waals surface area (Å²) in [5.41, 5.74) is 7.66. The minimum absolute atomic E-state index is 0.242. The topological polar surface area (TPSA) is 91.2 Å². The van der Waals surface area contributed by atoms with Gasteiger partial charge in [-0.05, 0) is 112 Å². The van der Waals surface area contributed by atoms with Crippen LogP contribution in [0.2, 0.25) is 0 Å². The van der Waals surface area contributed by atoms with Crippen LogP contribution in [0.15, 0.2) is 106 Å². The van der Waals surface area contributed by atoms with Crippen LogP contribution in [0.4, 0.5) is 5.69 Å². The normalized spacial score (nSPS) is 14.2. The molecule has 1 N–H and O–H groups in total. The van der Waals surface area contributed by atoms with Crippen molar-refractivity contribution >= 4 is 29.0 Å². The Bertz CT molecular complexity index is 2230. The van der Waals surface area contributed by atoms with Crippen molar-refractivity contribution < 1.29 is 19.0 Å². The predicted octanol–water partition coefficient (Wildman–Crippen LogP) is 7.18. The number of allylic oxidation sites excluding steroid dienone is 1. The average molecular weight is 688 g/mol. The third-order valence-electron chi connectivity index (χ3n) is 8.58. The third-order valence-corrected chi connectivity index (χ3v) is 9.57. The summed E-state index contributed by atoms with van der Waals surface area (Å²) < 4.78 is 20.0. The van der Waals surface area contributed by atoms with Crippen molar-refractivity contribution in [2.75, 3.05) is 18.5 Å². The Labute approximate surface area is 296 Å². The van der Waals surface area contributed by atoms with Crippen LogP contribution in [0.1, 0.15) is 60.2 Å². The summed E-state index contributed by atoms with van der Waals surface area (Å²) in [4.78, 5) is 33.5. The molecule has 50 heavy (non-hydrogen) atoms. The lowest BCUT2D eigenvalue weighted by Gasteiger charge is -2.25. The molecule has 0 aliphatic carbocycles. The van der Waals surface area contributed by atoms with Gasteiger partial charge in [0.05, 0.1) is 35.1 Å². The number of ether oxygens (including phenoxy) is 3. The van der Waals surface area contributed by atoms with E-state index in [0.717, 1.165) is 16.7 Å². The fraction of sp³-hybridized carbons (Fsp3) is 0.244. The zero-order valence-corrected chi connectivity index (χ0v) is 30.0. The maximum atomic E-state index is 14.3. The molecule has 0 fully saturated rings. The molecular formula is C41H41N3O5S. The number of amides is 1. The molecule has 5 aromatic rings. The van der Waals surface area contributed by atoms with Gasteiger partial charge in [0.15, 0.2) is 16.3 Å². The van der Waals surface area contributed by atoms with Crippen LogP contribution in [0.3, 0.4) is 0 Å². The summed E-state index contributed by atoms with van der Waals surface area (Å²) in [5.74, 6) is 1.62. The highest BCUT2D eigenvalue weighted by Crippen LogP contribution is 2.33. The summed E-state index contributed by atoms with van der Waals surface area (Å²) in [6.45, 7) is 13.4. The van der Waals surface area contributed by atoms with Crippen LogP contribution in [0.5, 0.6) is 17.2 Å². The minimum Gasteiger partial charge on any atom is -0.494 e. The number of rotatable bonds is 11. The van der Waals surface area contributed by atoms with E-state index in [1.54, 1.807) is 4.57 Å². The number of fused-ring (bicyclic) bond motifs is 1. The maximum Gasteiger partial charge on any atom is 0.271 e. The highest BCUT2D eigenvalue weighted by Gasteiger charge is 2.32. The Morgan fingerprint density at radius 3 is 2.24 bits per heavy atom. The number of carbonyl (C=O) groups excluding carboxylic acids is 1. The number of anilines is 1. The van der Waals surface area contributed by atoms with E-state index in [0.29, 0.717) is 63.4 Å². The van der Waals surface area contributed by atoms with E-state index in [1.807, 2.05) is 99.6 Å². The van der Waals surface area contributed by atoms with Gasteiger partial charge >= 0.3 is 0 Å². The molecule has 0 bridgehead atoms. The molecule has 0 spiro atoms. The second-order valence-corrected chi connectivity index (χ2v) is 13.2. The van der Waals surface area contributed by atoms with Crippen molar-refractivity contribution in [2.24, 2.45) is 4.99 Å². The van der Waals surface area contributed by atoms with Crippen LogP contribution in [-0.4, -0.2) is 23.7 Å². The van der Waals surface area contributed by atoms with E-state index in [-0.39, 0.29) is 11.5 Å². The molecule has 0 unspecified atom stereocenters. The molecular weight excluding hydrogens is 647 g/mol. The summed E-state index contributed by atoms with van der Waals surface area (Å²) in [6, 6.07) is 26.1. The van der Waals surface area contributed by atoms with Crippen molar-refractivity contribution in [3.8, 4) is 17.2 Å². The third kappa shape index (κ3) is 7.28. The van der Waals surface area contributed by atoms with Gasteiger partial charge in [-0.25, -0.2) is 4.99 Å². The largest absolute Gasteiger partial charge is 0.494 e. The van der Waals surface area contributed by atoms with Gasteiger partial charge in [-0.3, -0.25) is 14.2 Å². The van der Waals surface area contributed by atoms with Gasteiger partial charge in [0.25, 0.3) is 11.5 Å². The number of para-hydroxylation sites is 1. The van der Waals surface area contributed by atoms with Gasteiger partial charge in [-0.15, -0.1) is 0 Å². The van der Waals surface area contributed by atoms with Gasteiger partial charge in [-0.1, -0.05) is 65.4 Å². The van der Waals surface area contributed by atoms with Crippen molar-refractivity contribution in [3.05, 3.63) is 149 Å². The monoisotopic (exact) mass is 687 g/mol. The number of carbonyl (C=O) groups is 1. The Morgan fingerprint density at radius 2 is 1.56 bits per heavy atom. The number of aromatic nitrogens is 1. The Kier molecular flexibility index (Phi) is 10.3. The lowest BCUT2D eigenvalue weighted by molar-refractivity contribution is -0.113. The molecule has 0 saturated heterocycles. The lowest BCUT2D eigenvalue weighted by atomic mass is 9.95. The van der Waals surface area contributed by atoms with Gasteiger partial charge in [0.1, 0.15) is 12.4 Å². The number of benzene rings is 4. The highest BCUT2D eigenvalue weighted by molar-refractivity contribution is 7.07. The van der Waals surface area contributed by atoms with E-state index in [2.05, 4.69) is 38.2 Å². The first kappa shape index (κ1) is 34.5. The van der Waals surface area contributed by atoms with E-state index in [4.69, 9.17) is 19.2 Å². The van der Waals surface area contributed by atoms with Crippen LogP contribution < -0.4 is 34.4 Å². The molecule has 0 radical (unpaired) electrons. The summed E-state index contributed by atoms with van der Waals surface area (Å²) in [6.07, 6.45) is 1.84. The van der Waals surface area contributed by atoms with Crippen LogP contribution in [0.25, 0.3) is 6.08 Å². The molecule has 1 atom stereocenters. The molecule has 1 aliphatic heterocycles. The zero-order valence-electron chi connectivity index (χ0n) is 29.2. The quantitative estimate of drug-likeness (QED) is 0.159. The number of aryl methyl sites for hydroxylation is 3. The Balaban J connectivity index is 1.38. The SMILES string of the molecule is CCOc1ccc([C@H]2C(C(=O)Nc3ccccc3)=C(C)N=c3s/c(=C\c4ccc(OCc5c(C)cc(C)cc5C)c(OCC)c4)c(=O)n32)cc1. The summed E-state index contributed by atoms with van der Waals surface area (Å²) in [5, 5.41) is 3.00. The fourth-order valence-electron chi connectivity index (χ4n) is 6.30. The number of hydrogen-bond acceptors (Lipinski definition) is 7. The van der Waals surface area contributed by atoms with Crippen molar-refractivity contribution in [2.45, 2.75) is 54.2 Å². The van der Waals surface area contributed by atoms with Crippen molar-refractivity contribution in [1.82, 2.24) is 4.57 Å². The number of nitrogens with one attached hydrogen (secondary N) is 1. The lowest BCUT2D eigenvalue weighted by Crippen LogP contribution is -2.40. The maximum absolute atomic E-state index is 14.3. The molecule has 256 valence electrons. The van der Waals surface area contributed by atoms with Crippen molar-refractivity contribution in [1.29, 1.82) is 0 Å². The highest BCUT2D eigenvalue weighted by atomic mass is 32.1. The number of thiazole rings is 1. The van der Waals surface area contributed by atoms with Gasteiger partial charge in [0.2, 0.25) is 0 Å². The standard InChI is InChI=1S/C41H41N3O5S/c1-7-47-32-17-15-30(16-18-32)38-37(39(45)43-31-12-10-9-11-13-31)28(6)42-41-44(38)40(46)36(50-41)23-29-14-19-34(35(22-29)48-8-2)49-24-33-26(4)20-25(3)21-27(33)5/h9-23,38H,7-8,24H2,1-6H3,(H,43,45)/b36-23-/t38-/m0/s1. The molecule has 2 heterocycles. The Hall–Kier alpha value is -5.41. The first-order chi connectivity index (χ1) is 24.2. The van der Waals surface area contributed by atoms with Crippen LogP contribution >= 0.6 is 11.3 Å². The van der Waals surface area contributed by atoms with E-state index in [9.17, 15) is 9.59 Å². The van der Waals surface area contributed by atoms with Gasteiger partial charge in [0, 0.05) is 5.69 Å². The molecule has 1 aromatic heterocycles. The molecule has 0 saturated carbocycles. The second kappa shape index (κ2) is 15.0. The van der Waals surface area contributed by atoms with E-state index >= 15 is 0 Å². The number of nitrogens with zero attached hydrogens (tertiary/aromatic N) is 2. The predicted molar refractivity (Wildman–Crippen MR) is 199 cm³/mol. The second-order valence-electron chi connectivity index (χ2n) is 12.2. The smallest absolute Gasteiger partial charge is 0.271 e. The molecule has 4 aromatic carbocycles. The molecule has 1 aliphatic rings. The molecule has 8 nitrogen and oxygen atoms in total. The Morgan fingerprint density at radius 1 is 0.860 bits per heavy atom. The fourth-order valence-corrected chi connectivity index (χ4v) is 7.35. The minimum atomic E-state index is -0.698. The van der Waals surface area contributed by atoms with Gasteiger partial charge < -0.3 is 19.5 Å². The first-order valence-electron chi connectivity index (χ1n) is 16.7.